The molecule has 0 aromatic carbocycles. The molecule has 4 saturated carbocycles. The maximum Gasteiger partial charge on any atom is 0.0957 e. The van der Waals surface area contributed by atoms with Crippen LogP contribution in [0.15, 0.2) is 35.7 Å². The molecule has 50 heavy (non-hydrogen) atoms. The van der Waals surface area contributed by atoms with Crippen molar-refractivity contribution in [2.24, 2.45) is 46.8 Å². The Morgan fingerprint density at radius 3 is 2.44 bits per heavy atom. The molecular weight excluding hydrogens is 609 g/mol. The van der Waals surface area contributed by atoms with Gasteiger partial charge in [0.05, 0.1) is 6.17 Å². The van der Waals surface area contributed by atoms with Crippen molar-refractivity contribution in [3.05, 3.63) is 35.7 Å². The summed E-state index contributed by atoms with van der Waals surface area (Å²) < 4.78 is 0. The van der Waals surface area contributed by atoms with E-state index in [0.29, 0.717) is 29.7 Å². The molecule has 10 rings (SSSR count). The van der Waals surface area contributed by atoms with Crippen LogP contribution in [-0.4, -0.2) is 52.2 Å². The highest BCUT2D eigenvalue weighted by atomic mass is 15.4. The molecule has 3 heterocycles. The number of piperazine rings is 1. The maximum atomic E-state index is 4.52. The number of allylic oxidation sites excluding steroid dienone is 5. The second-order valence-electron chi connectivity index (χ2n) is 20.1. The number of nitrogens with zero attached hydrogens (tertiary/aromatic N) is 2. The van der Waals surface area contributed by atoms with Crippen molar-refractivity contribution in [1.82, 2.24) is 20.4 Å². The maximum absolute atomic E-state index is 4.52. The highest BCUT2D eigenvalue weighted by Crippen LogP contribution is 2.62. The summed E-state index contributed by atoms with van der Waals surface area (Å²) in [5.41, 5.74) is 3.93. The van der Waals surface area contributed by atoms with Crippen LogP contribution in [0.4, 0.5) is 0 Å². The van der Waals surface area contributed by atoms with Gasteiger partial charge in [-0.25, -0.2) is 0 Å². The minimum absolute atomic E-state index is 0.363. The van der Waals surface area contributed by atoms with Gasteiger partial charge in [-0.2, -0.15) is 0 Å². The van der Waals surface area contributed by atoms with Crippen molar-refractivity contribution in [2.75, 3.05) is 0 Å². The van der Waals surface area contributed by atoms with Crippen LogP contribution in [0.2, 0.25) is 0 Å². The summed E-state index contributed by atoms with van der Waals surface area (Å²) in [6, 6.07) is 4.28. The third-order valence-corrected chi connectivity index (χ3v) is 17.7. The molecule has 2 N–H and O–H groups in total. The largest absolute Gasteiger partial charge is 0.368 e. The third-order valence-electron chi connectivity index (χ3n) is 17.7. The molecule has 4 nitrogen and oxygen atoms in total. The Balaban J connectivity index is 0.931. The Bertz CT molecular complexity index is 1330. The van der Waals surface area contributed by atoms with Crippen molar-refractivity contribution in [1.29, 1.82) is 0 Å². The Kier molecular flexibility index (Phi) is 9.03. The molecule has 0 bridgehead atoms. The Labute approximate surface area is 306 Å². The zero-order valence-corrected chi connectivity index (χ0v) is 32.1. The average Bonchev–Trinajstić information content (AvgIpc) is 3.64. The Hall–Kier alpha value is -1.26. The lowest BCUT2D eigenvalue weighted by molar-refractivity contribution is 0.00953. The Morgan fingerprint density at radius 2 is 1.56 bits per heavy atom. The van der Waals surface area contributed by atoms with Crippen molar-refractivity contribution in [3.63, 3.8) is 0 Å². The van der Waals surface area contributed by atoms with Crippen molar-refractivity contribution in [2.45, 2.75) is 204 Å². The second kappa shape index (κ2) is 13.5. The summed E-state index contributed by atoms with van der Waals surface area (Å²) in [5.74, 6) is 5.99. The van der Waals surface area contributed by atoms with Crippen molar-refractivity contribution in [3.8, 4) is 0 Å². The molecule has 0 spiro atoms. The number of hydrogen-bond donors (Lipinski definition) is 2. The smallest absolute Gasteiger partial charge is 0.0957 e. The van der Waals surface area contributed by atoms with Crippen LogP contribution in [0.1, 0.15) is 162 Å². The van der Waals surface area contributed by atoms with Gasteiger partial charge in [-0.1, -0.05) is 76.7 Å². The van der Waals surface area contributed by atoms with Gasteiger partial charge in [0.15, 0.2) is 0 Å². The van der Waals surface area contributed by atoms with Crippen molar-refractivity contribution >= 4 is 0 Å². The molecule has 0 radical (unpaired) electrons. The van der Waals surface area contributed by atoms with E-state index < -0.39 is 0 Å². The quantitative estimate of drug-likeness (QED) is 0.290. The van der Waals surface area contributed by atoms with Gasteiger partial charge in [-0.15, -0.1) is 0 Å². The first-order valence-electron chi connectivity index (χ1n) is 22.7. The van der Waals surface area contributed by atoms with E-state index in [9.17, 15) is 0 Å². The third kappa shape index (κ3) is 5.47. The lowest BCUT2D eigenvalue weighted by Crippen LogP contribution is -2.74. The van der Waals surface area contributed by atoms with E-state index >= 15 is 0 Å². The molecule has 14 atom stereocenters. The molecule has 3 saturated heterocycles. The van der Waals surface area contributed by atoms with Crippen LogP contribution in [0.25, 0.3) is 0 Å². The summed E-state index contributed by atoms with van der Waals surface area (Å²) in [6.45, 7) is 5.34. The molecule has 7 aliphatic carbocycles. The average molecular weight is 681 g/mol. The standard InChI is InChI=1S/C46H72N4/c1-30-14-13-21-38-43(30)48-44(31-15-5-3-6-16-31)45(47-38)50-41-23-12-10-20-37(41)46(2)29-33(25-27-42(46)50)32-24-26-40-36(28-32)35-19-9-11-22-39(35)49(40)34-17-7-4-8-18-34/h9,17,19,27,30-33,35-41,43-45,47-48H,3-8,10-16,18,20-26,28-29H2,1-2H3/t30?,32?,33?,35?,36?,37?,38?,39?,40?,41?,43?,44?,45?,46-/m0/s1. The molecule has 3 aliphatic heterocycles. The predicted molar refractivity (Wildman–Crippen MR) is 206 cm³/mol. The van der Waals surface area contributed by atoms with Crippen LogP contribution in [0.3, 0.4) is 0 Å². The van der Waals surface area contributed by atoms with E-state index in [1.54, 1.807) is 5.70 Å². The molecule has 7 fully saturated rings. The summed E-state index contributed by atoms with van der Waals surface area (Å²) >= 11 is 0. The summed E-state index contributed by atoms with van der Waals surface area (Å²) in [4.78, 5) is 6.20. The van der Waals surface area contributed by atoms with E-state index in [1.165, 1.54) is 148 Å². The molecule has 0 aromatic heterocycles. The fourth-order valence-electron chi connectivity index (χ4n) is 15.4. The first-order chi connectivity index (χ1) is 24.6. The molecule has 0 amide bonds. The van der Waals surface area contributed by atoms with Gasteiger partial charge in [0.25, 0.3) is 0 Å². The second-order valence-corrected chi connectivity index (χ2v) is 20.1. The van der Waals surface area contributed by atoms with E-state index in [4.69, 9.17) is 0 Å². The summed E-state index contributed by atoms with van der Waals surface area (Å²) in [6.07, 6.45) is 44.0. The summed E-state index contributed by atoms with van der Waals surface area (Å²) in [7, 11) is 0. The molecule has 13 unspecified atom stereocenters. The van der Waals surface area contributed by atoms with E-state index in [2.05, 4.69) is 58.6 Å². The van der Waals surface area contributed by atoms with Crippen LogP contribution in [0, 0.1) is 46.8 Å². The monoisotopic (exact) mass is 681 g/mol. The van der Waals surface area contributed by atoms with Crippen molar-refractivity contribution < 1.29 is 0 Å². The van der Waals surface area contributed by atoms with E-state index in [0.717, 1.165) is 59.6 Å². The first-order valence-corrected chi connectivity index (χ1v) is 22.7. The zero-order valence-electron chi connectivity index (χ0n) is 32.1. The minimum atomic E-state index is 0.363. The van der Waals surface area contributed by atoms with E-state index in [1.807, 2.05) is 5.70 Å². The fourth-order valence-corrected chi connectivity index (χ4v) is 15.4. The normalized spacial score (nSPS) is 49.3. The molecule has 0 aromatic rings. The highest BCUT2D eigenvalue weighted by Gasteiger charge is 2.60. The molecule has 276 valence electrons. The SMILES string of the molecule is CC1CCCC2NC(N3C4=CCC(C5CCC6C(C5)C5C=CCCC5N6C5=CCCCC5)C[C@@]4(C)C4CCCCC43)C(C3CCCCC3)NC12. The van der Waals surface area contributed by atoms with E-state index in [-0.39, 0.29) is 0 Å². The Morgan fingerprint density at radius 1 is 0.680 bits per heavy atom. The zero-order chi connectivity index (χ0) is 33.4. The topological polar surface area (TPSA) is 30.5 Å². The number of nitrogens with one attached hydrogen (secondary N) is 2. The van der Waals surface area contributed by atoms with Gasteiger partial charge in [0.1, 0.15) is 0 Å². The van der Waals surface area contributed by atoms with Crippen LogP contribution < -0.4 is 10.6 Å². The lowest BCUT2D eigenvalue weighted by atomic mass is 9.59. The van der Waals surface area contributed by atoms with Crippen LogP contribution in [0.5, 0.6) is 0 Å². The van der Waals surface area contributed by atoms with Crippen LogP contribution in [-0.2, 0) is 0 Å². The molecular formula is C46H72N4. The highest BCUT2D eigenvalue weighted by molar-refractivity contribution is 5.29. The first kappa shape index (κ1) is 33.3. The number of hydrogen-bond acceptors (Lipinski definition) is 4. The fraction of sp³-hybridized carbons (Fsp3) is 0.870. The molecule has 10 aliphatic rings. The minimum Gasteiger partial charge on any atom is -0.368 e. The number of rotatable bonds is 4. The number of fused-ring (bicyclic) bond motifs is 7. The summed E-state index contributed by atoms with van der Waals surface area (Å²) in [5, 5.41) is 9.01. The van der Waals surface area contributed by atoms with Gasteiger partial charge in [0.2, 0.25) is 0 Å². The van der Waals surface area contributed by atoms with Gasteiger partial charge in [-0.3, -0.25) is 5.32 Å². The van der Waals surface area contributed by atoms with Gasteiger partial charge >= 0.3 is 0 Å². The van der Waals surface area contributed by atoms with Gasteiger partial charge < -0.3 is 15.1 Å². The molecule has 4 heteroatoms. The van der Waals surface area contributed by atoms with Crippen LogP contribution >= 0.6 is 0 Å². The van der Waals surface area contributed by atoms with Gasteiger partial charge in [0, 0.05) is 59.0 Å². The number of likely N-dealkylation sites (tertiary alicyclic amines) is 2. The lowest BCUT2D eigenvalue weighted by Gasteiger charge is -2.55. The predicted octanol–water partition coefficient (Wildman–Crippen LogP) is 10.1. The van der Waals surface area contributed by atoms with Gasteiger partial charge in [-0.05, 0) is 145 Å².